The van der Waals surface area contributed by atoms with Gasteiger partial charge in [-0.15, -0.1) is 0 Å². The van der Waals surface area contributed by atoms with Gasteiger partial charge in [-0.1, -0.05) is 55.5 Å². The van der Waals surface area contributed by atoms with Crippen LogP contribution in [0.4, 0.5) is 5.69 Å². The third kappa shape index (κ3) is 4.72. The van der Waals surface area contributed by atoms with Crippen LogP contribution in [0.2, 0.25) is 0 Å². The van der Waals surface area contributed by atoms with E-state index in [1.807, 2.05) is 43.3 Å². The van der Waals surface area contributed by atoms with Crippen LogP contribution in [0.1, 0.15) is 29.2 Å². The van der Waals surface area contributed by atoms with E-state index < -0.39 is 11.8 Å². The summed E-state index contributed by atoms with van der Waals surface area (Å²) in [6, 6.07) is 23.9. The molecule has 34 heavy (non-hydrogen) atoms. The number of ether oxygens (including phenoxy) is 1. The van der Waals surface area contributed by atoms with E-state index in [0.29, 0.717) is 22.6 Å². The van der Waals surface area contributed by atoms with Crippen LogP contribution in [0.5, 0.6) is 5.75 Å². The number of carbonyl (C=O) groups excluding carboxylic acids is 2. The van der Waals surface area contributed by atoms with Crippen molar-refractivity contribution in [3.8, 4) is 11.8 Å². The van der Waals surface area contributed by atoms with Gasteiger partial charge in [0.05, 0.1) is 17.3 Å². The molecule has 1 N–H and O–H groups in total. The van der Waals surface area contributed by atoms with Crippen LogP contribution in [-0.4, -0.2) is 16.9 Å². The topological polar surface area (TPSA) is 82.4 Å². The Kier molecular flexibility index (Phi) is 6.81. The predicted octanol–water partition coefficient (Wildman–Crippen LogP) is 4.53. The van der Waals surface area contributed by atoms with Gasteiger partial charge in [0.1, 0.15) is 17.9 Å². The summed E-state index contributed by atoms with van der Waals surface area (Å²) in [7, 11) is 0. The molecule has 1 aliphatic heterocycles. The molecule has 0 unspecified atom stereocenters. The number of anilines is 1. The van der Waals surface area contributed by atoms with Gasteiger partial charge in [-0.2, -0.15) is 5.26 Å². The van der Waals surface area contributed by atoms with E-state index in [9.17, 15) is 14.9 Å². The first kappa shape index (κ1) is 22.9. The van der Waals surface area contributed by atoms with Gasteiger partial charge < -0.3 is 4.74 Å². The number of carbonyl (C=O) groups is 2. The summed E-state index contributed by atoms with van der Waals surface area (Å²) in [5.74, 6) is -0.598. The molecular weight excluding hydrogens is 446 g/mol. The van der Waals surface area contributed by atoms with Crippen LogP contribution in [-0.2, 0) is 22.6 Å². The van der Waals surface area contributed by atoms with Gasteiger partial charge >= 0.3 is 0 Å². The van der Waals surface area contributed by atoms with Crippen molar-refractivity contribution < 1.29 is 14.3 Å². The molecule has 1 fully saturated rings. The first-order valence-electron chi connectivity index (χ1n) is 10.7. The fraction of sp³-hybridized carbons (Fsp3) is 0.111. The summed E-state index contributed by atoms with van der Waals surface area (Å²) >= 11 is 5.28. The van der Waals surface area contributed by atoms with Crippen LogP contribution in [0.15, 0.2) is 78.4 Å². The quantitative estimate of drug-likeness (QED) is 0.327. The molecule has 0 atom stereocenters. The standard InChI is InChI=1S/C27H21N3O3S/c1-2-18-11-13-22(14-12-18)30-26(32)23(25(31)29-27(30)34)15-19-7-5-6-10-24(19)33-17-21-9-4-3-8-20(21)16-28/h3-15H,2,17H2,1H3,(H,29,31,34)/b23-15+. The van der Waals surface area contributed by atoms with Crippen molar-refractivity contribution in [3.05, 3.63) is 101 Å². The highest BCUT2D eigenvalue weighted by atomic mass is 32.1. The van der Waals surface area contributed by atoms with Crippen molar-refractivity contribution in [1.29, 1.82) is 5.26 Å². The van der Waals surface area contributed by atoms with E-state index in [4.69, 9.17) is 17.0 Å². The average Bonchev–Trinajstić information content (AvgIpc) is 2.86. The molecule has 168 valence electrons. The van der Waals surface area contributed by atoms with E-state index in [1.54, 1.807) is 36.4 Å². The number of para-hydroxylation sites is 1. The molecule has 0 radical (unpaired) electrons. The molecule has 0 aromatic heterocycles. The first-order chi connectivity index (χ1) is 16.5. The Labute approximate surface area is 203 Å². The summed E-state index contributed by atoms with van der Waals surface area (Å²) < 4.78 is 5.96. The number of nitrogens with one attached hydrogen (secondary N) is 1. The summed E-state index contributed by atoms with van der Waals surface area (Å²) in [5, 5.41) is 11.9. The summed E-state index contributed by atoms with van der Waals surface area (Å²) in [5.41, 5.74) is 3.48. The Balaban J connectivity index is 1.63. The number of rotatable bonds is 6. The van der Waals surface area contributed by atoms with Crippen molar-refractivity contribution in [3.63, 3.8) is 0 Å². The summed E-state index contributed by atoms with van der Waals surface area (Å²) in [6.45, 7) is 2.22. The lowest BCUT2D eigenvalue weighted by molar-refractivity contribution is -0.122. The highest BCUT2D eigenvalue weighted by Crippen LogP contribution is 2.26. The smallest absolute Gasteiger partial charge is 0.270 e. The van der Waals surface area contributed by atoms with Crippen LogP contribution in [0.3, 0.4) is 0 Å². The lowest BCUT2D eigenvalue weighted by atomic mass is 10.1. The SMILES string of the molecule is CCc1ccc(N2C(=O)/C(=C/c3ccccc3OCc3ccccc3C#N)C(=O)NC2=S)cc1. The third-order valence-corrected chi connectivity index (χ3v) is 5.73. The molecule has 1 aliphatic rings. The maximum absolute atomic E-state index is 13.3. The van der Waals surface area contributed by atoms with E-state index in [-0.39, 0.29) is 17.3 Å². The molecule has 1 saturated heterocycles. The first-order valence-corrected chi connectivity index (χ1v) is 11.1. The second-order valence-corrected chi connectivity index (χ2v) is 7.96. The van der Waals surface area contributed by atoms with Crippen molar-refractivity contribution in [2.45, 2.75) is 20.0 Å². The highest BCUT2D eigenvalue weighted by molar-refractivity contribution is 7.80. The Hall–Kier alpha value is -4.28. The minimum atomic E-state index is -0.568. The lowest BCUT2D eigenvalue weighted by Crippen LogP contribution is -2.54. The molecule has 0 bridgehead atoms. The van der Waals surface area contributed by atoms with E-state index >= 15 is 0 Å². The van der Waals surface area contributed by atoms with Gasteiger partial charge in [-0.05, 0) is 54.5 Å². The van der Waals surface area contributed by atoms with Crippen LogP contribution in [0.25, 0.3) is 6.08 Å². The number of hydrogen-bond acceptors (Lipinski definition) is 5. The Morgan fingerprint density at radius 2 is 1.74 bits per heavy atom. The van der Waals surface area contributed by atoms with Gasteiger partial charge in [0.2, 0.25) is 0 Å². The van der Waals surface area contributed by atoms with Crippen LogP contribution < -0.4 is 15.0 Å². The molecule has 3 aromatic rings. The Morgan fingerprint density at radius 3 is 2.47 bits per heavy atom. The van der Waals surface area contributed by atoms with E-state index in [0.717, 1.165) is 17.5 Å². The number of thiocarbonyl (C=S) groups is 1. The van der Waals surface area contributed by atoms with Crippen molar-refractivity contribution in [2.24, 2.45) is 0 Å². The molecule has 6 nitrogen and oxygen atoms in total. The number of nitrogens with zero attached hydrogens (tertiary/aromatic N) is 2. The second-order valence-electron chi connectivity index (χ2n) is 7.57. The largest absolute Gasteiger partial charge is 0.488 e. The van der Waals surface area contributed by atoms with Crippen LogP contribution >= 0.6 is 12.2 Å². The molecule has 1 heterocycles. The van der Waals surface area contributed by atoms with Crippen LogP contribution in [0, 0.1) is 11.3 Å². The van der Waals surface area contributed by atoms with Crippen molar-refractivity contribution in [2.75, 3.05) is 4.90 Å². The van der Waals surface area contributed by atoms with Gasteiger partial charge in [-0.3, -0.25) is 19.8 Å². The zero-order chi connectivity index (χ0) is 24.1. The third-order valence-electron chi connectivity index (χ3n) is 5.44. The normalized spacial score (nSPS) is 14.6. The molecule has 2 amide bonds. The summed E-state index contributed by atoms with van der Waals surface area (Å²) in [6.07, 6.45) is 2.37. The summed E-state index contributed by atoms with van der Waals surface area (Å²) in [4.78, 5) is 27.3. The molecule has 0 spiro atoms. The molecule has 4 rings (SSSR count). The zero-order valence-electron chi connectivity index (χ0n) is 18.4. The van der Waals surface area contributed by atoms with Gasteiger partial charge in [-0.25, -0.2) is 0 Å². The number of amides is 2. The zero-order valence-corrected chi connectivity index (χ0v) is 19.3. The minimum absolute atomic E-state index is 0.0362. The second kappa shape index (κ2) is 10.1. The molecular formula is C27H21N3O3S. The highest BCUT2D eigenvalue weighted by Gasteiger charge is 2.34. The van der Waals surface area contributed by atoms with Gasteiger partial charge in [0.15, 0.2) is 5.11 Å². The van der Waals surface area contributed by atoms with Crippen molar-refractivity contribution >= 4 is 40.9 Å². The maximum Gasteiger partial charge on any atom is 0.270 e. The van der Waals surface area contributed by atoms with Gasteiger partial charge in [0.25, 0.3) is 11.8 Å². The average molecular weight is 468 g/mol. The molecule has 7 heteroatoms. The van der Waals surface area contributed by atoms with E-state index in [2.05, 4.69) is 11.4 Å². The number of nitriles is 1. The Bertz CT molecular complexity index is 1340. The van der Waals surface area contributed by atoms with Gasteiger partial charge in [0, 0.05) is 11.1 Å². The van der Waals surface area contributed by atoms with E-state index in [1.165, 1.54) is 11.0 Å². The molecule has 3 aromatic carbocycles. The fourth-order valence-corrected chi connectivity index (χ4v) is 3.85. The maximum atomic E-state index is 13.3. The molecule has 0 aliphatic carbocycles. The number of aryl methyl sites for hydroxylation is 1. The lowest BCUT2D eigenvalue weighted by Gasteiger charge is -2.29. The van der Waals surface area contributed by atoms with Crippen molar-refractivity contribution in [1.82, 2.24) is 5.32 Å². The molecule has 0 saturated carbocycles. The minimum Gasteiger partial charge on any atom is -0.488 e. The predicted molar refractivity (Wildman–Crippen MR) is 134 cm³/mol. The number of hydrogen-bond donors (Lipinski definition) is 1. The Morgan fingerprint density at radius 1 is 1.03 bits per heavy atom. The number of benzene rings is 3. The monoisotopic (exact) mass is 467 g/mol. The fourth-order valence-electron chi connectivity index (χ4n) is 3.57.